The Bertz CT molecular complexity index is 638. The highest BCUT2D eigenvalue weighted by atomic mass is 16.5. The molecule has 2 rings (SSSR count). The van der Waals surface area contributed by atoms with Crippen molar-refractivity contribution in [2.45, 2.75) is 0 Å². The van der Waals surface area contributed by atoms with Gasteiger partial charge in [-0.2, -0.15) is 0 Å². The minimum Gasteiger partial charge on any atom is -0.503 e. The average Bonchev–Trinajstić information content (AvgIpc) is 2.54. The highest BCUT2D eigenvalue weighted by Gasteiger charge is 2.18. The Balaban J connectivity index is 2.40. The number of esters is 1. The lowest BCUT2D eigenvalue weighted by molar-refractivity contribution is -0.133. The predicted molar refractivity (Wildman–Crippen MR) is 77.8 cm³/mol. The van der Waals surface area contributed by atoms with Crippen LogP contribution in [0, 0.1) is 0 Å². The van der Waals surface area contributed by atoms with Crippen molar-refractivity contribution < 1.29 is 19.0 Å². The lowest BCUT2D eigenvalue weighted by Crippen LogP contribution is -2.06. The van der Waals surface area contributed by atoms with Gasteiger partial charge in [0.25, 0.3) is 0 Å². The SMILES string of the molecule is COC=C(C(=O)OC)c1cccnc1Oc1ccccc1. The van der Waals surface area contributed by atoms with E-state index in [-0.39, 0.29) is 5.57 Å². The number of para-hydroxylation sites is 1. The third-order valence-corrected chi connectivity index (χ3v) is 2.66. The maximum Gasteiger partial charge on any atom is 0.341 e. The Kier molecular flexibility index (Phi) is 4.93. The van der Waals surface area contributed by atoms with Crippen LogP contribution in [0.2, 0.25) is 0 Å². The van der Waals surface area contributed by atoms with Crippen LogP contribution in [0.4, 0.5) is 0 Å². The summed E-state index contributed by atoms with van der Waals surface area (Å²) < 4.78 is 15.4. The van der Waals surface area contributed by atoms with Crippen LogP contribution in [0.15, 0.2) is 54.9 Å². The number of aromatic nitrogens is 1. The van der Waals surface area contributed by atoms with E-state index in [0.29, 0.717) is 17.2 Å². The molecular weight excluding hydrogens is 270 g/mol. The van der Waals surface area contributed by atoms with Gasteiger partial charge in [-0.15, -0.1) is 0 Å². The summed E-state index contributed by atoms with van der Waals surface area (Å²) in [6, 6.07) is 12.6. The molecule has 0 spiro atoms. The molecule has 2 aromatic rings. The number of hydrogen-bond donors (Lipinski definition) is 0. The van der Waals surface area contributed by atoms with E-state index < -0.39 is 5.97 Å². The summed E-state index contributed by atoms with van der Waals surface area (Å²) in [5.41, 5.74) is 0.731. The zero-order chi connectivity index (χ0) is 15.1. The molecule has 21 heavy (non-hydrogen) atoms. The lowest BCUT2D eigenvalue weighted by atomic mass is 10.1. The smallest absolute Gasteiger partial charge is 0.341 e. The molecule has 0 unspecified atom stereocenters. The average molecular weight is 285 g/mol. The van der Waals surface area contributed by atoms with Gasteiger partial charge < -0.3 is 14.2 Å². The van der Waals surface area contributed by atoms with Gasteiger partial charge in [0.05, 0.1) is 26.0 Å². The van der Waals surface area contributed by atoms with Gasteiger partial charge in [-0.05, 0) is 24.3 Å². The van der Waals surface area contributed by atoms with Crippen LogP contribution in [0.5, 0.6) is 11.6 Å². The van der Waals surface area contributed by atoms with Crippen molar-refractivity contribution in [3.8, 4) is 11.6 Å². The second-order valence-electron chi connectivity index (χ2n) is 4.03. The van der Waals surface area contributed by atoms with Gasteiger partial charge in [0, 0.05) is 6.20 Å². The maximum atomic E-state index is 11.9. The van der Waals surface area contributed by atoms with Crippen LogP contribution in [0.3, 0.4) is 0 Å². The molecule has 0 aliphatic rings. The fraction of sp³-hybridized carbons (Fsp3) is 0.125. The van der Waals surface area contributed by atoms with Crippen LogP contribution in [-0.4, -0.2) is 25.2 Å². The van der Waals surface area contributed by atoms with Crippen molar-refractivity contribution in [3.05, 3.63) is 60.5 Å². The highest BCUT2D eigenvalue weighted by molar-refractivity contribution is 6.16. The molecule has 0 atom stereocenters. The first-order valence-corrected chi connectivity index (χ1v) is 6.26. The Hall–Kier alpha value is -2.82. The number of rotatable bonds is 5. The molecule has 0 saturated heterocycles. The molecule has 0 bridgehead atoms. The normalized spacial score (nSPS) is 10.9. The molecule has 5 nitrogen and oxygen atoms in total. The molecule has 0 N–H and O–H groups in total. The van der Waals surface area contributed by atoms with Gasteiger partial charge in [-0.3, -0.25) is 0 Å². The van der Waals surface area contributed by atoms with Gasteiger partial charge >= 0.3 is 5.97 Å². The number of hydrogen-bond acceptors (Lipinski definition) is 5. The van der Waals surface area contributed by atoms with Gasteiger partial charge in [-0.25, -0.2) is 9.78 Å². The minimum atomic E-state index is -0.525. The van der Waals surface area contributed by atoms with Gasteiger partial charge in [-0.1, -0.05) is 18.2 Å². The van der Waals surface area contributed by atoms with Crippen LogP contribution >= 0.6 is 0 Å². The highest BCUT2D eigenvalue weighted by Crippen LogP contribution is 2.28. The van der Waals surface area contributed by atoms with Gasteiger partial charge in [0.15, 0.2) is 0 Å². The molecule has 1 heterocycles. The third kappa shape index (κ3) is 3.60. The first kappa shape index (κ1) is 14.6. The Morgan fingerprint density at radius 2 is 1.86 bits per heavy atom. The molecular formula is C16H15NO4. The molecule has 0 saturated carbocycles. The number of benzene rings is 1. The number of carbonyl (C=O) groups excluding carboxylic acids is 1. The van der Waals surface area contributed by atoms with Crippen LogP contribution in [-0.2, 0) is 14.3 Å². The molecule has 5 heteroatoms. The van der Waals surface area contributed by atoms with Crippen LogP contribution in [0.25, 0.3) is 5.57 Å². The monoisotopic (exact) mass is 285 g/mol. The molecule has 0 radical (unpaired) electrons. The molecule has 0 aliphatic carbocycles. The number of ether oxygens (including phenoxy) is 3. The molecule has 1 aromatic carbocycles. The van der Waals surface area contributed by atoms with E-state index in [9.17, 15) is 4.79 Å². The number of nitrogens with zero attached hydrogens (tertiary/aromatic N) is 1. The first-order chi connectivity index (χ1) is 10.3. The van der Waals surface area contributed by atoms with Crippen molar-refractivity contribution in [1.29, 1.82) is 0 Å². The Labute approximate surface area is 122 Å². The van der Waals surface area contributed by atoms with E-state index in [1.807, 2.05) is 18.2 Å². The first-order valence-electron chi connectivity index (χ1n) is 6.26. The third-order valence-electron chi connectivity index (χ3n) is 2.66. The number of carbonyl (C=O) groups is 1. The van der Waals surface area contributed by atoms with E-state index in [2.05, 4.69) is 4.98 Å². The summed E-state index contributed by atoms with van der Waals surface area (Å²) in [6.45, 7) is 0. The molecule has 0 aliphatic heterocycles. The largest absolute Gasteiger partial charge is 0.503 e. The van der Waals surface area contributed by atoms with Crippen molar-refractivity contribution >= 4 is 11.5 Å². The van der Waals surface area contributed by atoms with Gasteiger partial charge in [0.2, 0.25) is 5.88 Å². The zero-order valence-corrected chi connectivity index (χ0v) is 11.8. The number of pyridine rings is 1. The van der Waals surface area contributed by atoms with Crippen molar-refractivity contribution in [2.24, 2.45) is 0 Å². The molecule has 108 valence electrons. The summed E-state index contributed by atoms with van der Waals surface area (Å²) in [7, 11) is 2.76. The van der Waals surface area contributed by atoms with E-state index >= 15 is 0 Å². The minimum absolute atomic E-state index is 0.235. The van der Waals surface area contributed by atoms with E-state index in [0.717, 1.165) is 0 Å². The van der Waals surface area contributed by atoms with Gasteiger partial charge in [0.1, 0.15) is 11.3 Å². The number of methoxy groups -OCH3 is 2. The summed E-state index contributed by atoms with van der Waals surface area (Å²) >= 11 is 0. The van der Waals surface area contributed by atoms with Crippen LogP contribution in [0.1, 0.15) is 5.56 Å². The van der Waals surface area contributed by atoms with E-state index in [1.54, 1.807) is 30.5 Å². The Morgan fingerprint density at radius 1 is 1.10 bits per heavy atom. The maximum absolute atomic E-state index is 11.9. The molecule has 1 aromatic heterocycles. The van der Waals surface area contributed by atoms with Crippen molar-refractivity contribution in [3.63, 3.8) is 0 Å². The fourth-order valence-electron chi connectivity index (χ4n) is 1.73. The van der Waals surface area contributed by atoms with E-state index in [4.69, 9.17) is 14.2 Å². The van der Waals surface area contributed by atoms with Crippen LogP contribution < -0.4 is 4.74 Å². The summed E-state index contributed by atoms with van der Waals surface area (Å²) in [6.07, 6.45) is 2.89. The summed E-state index contributed by atoms with van der Waals surface area (Å²) in [5, 5.41) is 0. The molecule has 0 fully saturated rings. The van der Waals surface area contributed by atoms with Crippen molar-refractivity contribution in [2.75, 3.05) is 14.2 Å². The zero-order valence-electron chi connectivity index (χ0n) is 11.8. The molecule has 0 amide bonds. The lowest BCUT2D eigenvalue weighted by Gasteiger charge is -2.11. The van der Waals surface area contributed by atoms with Crippen molar-refractivity contribution in [1.82, 2.24) is 4.98 Å². The second-order valence-corrected chi connectivity index (χ2v) is 4.03. The van der Waals surface area contributed by atoms with E-state index in [1.165, 1.54) is 20.5 Å². The Morgan fingerprint density at radius 3 is 2.52 bits per heavy atom. The quantitative estimate of drug-likeness (QED) is 0.480. The summed E-state index contributed by atoms with van der Waals surface area (Å²) in [4.78, 5) is 16.0. The standard InChI is InChI=1S/C16H15NO4/c1-19-11-14(16(18)20-2)13-9-6-10-17-15(13)21-12-7-4-3-5-8-12/h3-11H,1-2H3. The predicted octanol–water partition coefficient (Wildman–Crippen LogP) is 3.03. The second kappa shape index (κ2) is 7.09. The topological polar surface area (TPSA) is 57.7 Å². The fourth-order valence-corrected chi connectivity index (χ4v) is 1.73. The summed E-state index contributed by atoms with van der Waals surface area (Å²) in [5.74, 6) is 0.402.